The van der Waals surface area contributed by atoms with E-state index in [4.69, 9.17) is 0 Å². The van der Waals surface area contributed by atoms with Gasteiger partial charge in [-0.1, -0.05) is 0 Å². The quantitative estimate of drug-likeness (QED) is 0.826. The SMILES string of the molecule is C[C@H]1CN(C2CCN(c3ccc(F)c(F)c3)CC2)Cc2nnc(C3CC3)n21. The Labute approximate surface area is 158 Å². The lowest BCUT2D eigenvalue weighted by atomic mass is 10.0. The van der Waals surface area contributed by atoms with Crippen molar-refractivity contribution >= 4 is 5.69 Å². The first-order valence-electron chi connectivity index (χ1n) is 9.98. The number of piperidine rings is 1. The van der Waals surface area contributed by atoms with E-state index in [0.29, 0.717) is 18.0 Å². The lowest BCUT2D eigenvalue weighted by Crippen LogP contribution is -2.48. The van der Waals surface area contributed by atoms with Gasteiger partial charge in [-0.2, -0.15) is 0 Å². The highest BCUT2D eigenvalue weighted by Crippen LogP contribution is 2.41. The van der Waals surface area contributed by atoms with Gasteiger partial charge in [0.2, 0.25) is 0 Å². The van der Waals surface area contributed by atoms with Crippen LogP contribution in [0.5, 0.6) is 0 Å². The molecule has 1 atom stereocenters. The number of fused-ring (bicyclic) bond motifs is 1. The van der Waals surface area contributed by atoms with Crippen LogP contribution in [0.3, 0.4) is 0 Å². The van der Waals surface area contributed by atoms with E-state index in [1.54, 1.807) is 6.07 Å². The summed E-state index contributed by atoms with van der Waals surface area (Å²) in [5, 5.41) is 8.95. The topological polar surface area (TPSA) is 37.2 Å². The summed E-state index contributed by atoms with van der Waals surface area (Å²) in [6, 6.07) is 5.10. The summed E-state index contributed by atoms with van der Waals surface area (Å²) in [4.78, 5) is 4.69. The van der Waals surface area contributed by atoms with Crippen molar-refractivity contribution in [3.63, 3.8) is 0 Å². The highest BCUT2D eigenvalue weighted by atomic mass is 19.2. The van der Waals surface area contributed by atoms with Crippen LogP contribution in [0.4, 0.5) is 14.5 Å². The molecule has 27 heavy (non-hydrogen) atoms. The third-order valence-electron chi connectivity index (χ3n) is 6.27. The molecule has 3 aliphatic rings. The molecule has 2 aliphatic heterocycles. The minimum atomic E-state index is -0.786. The fourth-order valence-corrected chi connectivity index (χ4v) is 4.66. The summed E-state index contributed by atoms with van der Waals surface area (Å²) in [5.41, 5.74) is 0.771. The molecule has 1 aromatic heterocycles. The fourth-order valence-electron chi connectivity index (χ4n) is 4.66. The van der Waals surface area contributed by atoms with E-state index in [2.05, 4.69) is 31.5 Å². The Morgan fingerprint density at radius 3 is 2.48 bits per heavy atom. The van der Waals surface area contributed by atoms with Gasteiger partial charge in [0.15, 0.2) is 11.6 Å². The zero-order valence-electron chi connectivity index (χ0n) is 15.6. The molecule has 2 aromatic rings. The Morgan fingerprint density at radius 2 is 1.78 bits per heavy atom. The summed E-state index contributed by atoms with van der Waals surface area (Å²) in [6.07, 6.45) is 4.54. The standard InChI is InChI=1S/C20H25F2N5/c1-13-11-26(12-19-23-24-20(27(13)19)14-2-3-14)15-6-8-25(9-7-15)16-4-5-17(21)18(22)10-16/h4-5,10,13-15H,2-3,6-9,11-12H2,1H3/t13-/m0/s1. The minimum absolute atomic E-state index is 0.406. The van der Waals surface area contributed by atoms with Gasteiger partial charge in [-0.3, -0.25) is 4.90 Å². The van der Waals surface area contributed by atoms with Gasteiger partial charge in [-0.25, -0.2) is 8.78 Å². The number of rotatable bonds is 3. The molecule has 0 unspecified atom stereocenters. The largest absolute Gasteiger partial charge is 0.371 e. The average molecular weight is 373 g/mol. The molecule has 2 fully saturated rings. The maximum atomic E-state index is 13.5. The molecule has 7 heteroatoms. The van der Waals surface area contributed by atoms with Crippen molar-refractivity contribution in [3.05, 3.63) is 41.5 Å². The van der Waals surface area contributed by atoms with Crippen LogP contribution >= 0.6 is 0 Å². The summed E-state index contributed by atoms with van der Waals surface area (Å²) in [7, 11) is 0. The molecule has 144 valence electrons. The highest BCUT2D eigenvalue weighted by Gasteiger charge is 2.36. The zero-order chi connectivity index (χ0) is 18.5. The molecule has 3 heterocycles. The van der Waals surface area contributed by atoms with Gasteiger partial charge in [0.1, 0.15) is 11.6 Å². The molecule has 0 spiro atoms. The van der Waals surface area contributed by atoms with Crippen LogP contribution in [0.15, 0.2) is 18.2 Å². The maximum Gasteiger partial charge on any atom is 0.160 e. The Hall–Kier alpha value is -2.02. The van der Waals surface area contributed by atoms with Gasteiger partial charge in [0.25, 0.3) is 0 Å². The second-order valence-electron chi connectivity index (χ2n) is 8.21. The molecule has 5 nitrogen and oxygen atoms in total. The van der Waals surface area contributed by atoms with Crippen LogP contribution in [0.1, 0.15) is 56.2 Å². The predicted octanol–water partition coefficient (Wildman–Crippen LogP) is 3.48. The van der Waals surface area contributed by atoms with Crippen molar-refractivity contribution in [2.24, 2.45) is 0 Å². The van der Waals surface area contributed by atoms with E-state index in [-0.39, 0.29) is 0 Å². The Balaban J connectivity index is 1.25. The Bertz CT molecular complexity index is 839. The van der Waals surface area contributed by atoms with Crippen LogP contribution in [0, 0.1) is 11.6 Å². The van der Waals surface area contributed by atoms with Crippen molar-refractivity contribution in [2.45, 2.75) is 57.2 Å². The number of aromatic nitrogens is 3. The molecular weight excluding hydrogens is 348 g/mol. The number of halogens is 2. The first-order chi connectivity index (χ1) is 13.1. The fraction of sp³-hybridized carbons (Fsp3) is 0.600. The molecule has 1 saturated carbocycles. The third kappa shape index (κ3) is 3.12. The lowest BCUT2D eigenvalue weighted by Gasteiger charge is -2.42. The second-order valence-corrected chi connectivity index (χ2v) is 8.21. The highest BCUT2D eigenvalue weighted by molar-refractivity contribution is 5.47. The maximum absolute atomic E-state index is 13.5. The van der Waals surface area contributed by atoms with Gasteiger partial charge in [-0.15, -0.1) is 10.2 Å². The van der Waals surface area contributed by atoms with Crippen LogP contribution < -0.4 is 4.90 Å². The summed E-state index contributed by atoms with van der Waals surface area (Å²) < 4.78 is 29.1. The van der Waals surface area contributed by atoms with Crippen LogP contribution in [-0.4, -0.2) is 45.3 Å². The average Bonchev–Trinajstić information content (AvgIpc) is 3.43. The van der Waals surface area contributed by atoms with Crippen LogP contribution in [0.2, 0.25) is 0 Å². The van der Waals surface area contributed by atoms with E-state index in [9.17, 15) is 8.78 Å². The first kappa shape index (κ1) is 17.1. The normalized spacial score (nSPS) is 24.3. The second kappa shape index (κ2) is 6.55. The molecule has 1 aromatic carbocycles. The van der Waals surface area contributed by atoms with Gasteiger partial charge in [-0.05, 0) is 44.7 Å². The predicted molar refractivity (Wildman–Crippen MR) is 98.7 cm³/mol. The molecule has 0 radical (unpaired) electrons. The van der Waals surface area contributed by atoms with Gasteiger partial charge in [0.05, 0.1) is 6.54 Å². The number of anilines is 1. The summed E-state index contributed by atoms with van der Waals surface area (Å²) >= 11 is 0. The number of hydrogen-bond donors (Lipinski definition) is 0. The number of hydrogen-bond acceptors (Lipinski definition) is 4. The van der Waals surface area contributed by atoms with Gasteiger partial charge < -0.3 is 9.47 Å². The van der Waals surface area contributed by atoms with Crippen LogP contribution in [-0.2, 0) is 6.54 Å². The van der Waals surface area contributed by atoms with Crippen LogP contribution in [0.25, 0.3) is 0 Å². The van der Waals surface area contributed by atoms with Crippen molar-refractivity contribution in [1.82, 2.24) is 19.7 Å². The molecule has 0 amide bonds. The molecule has 0 bridgehead atoms. The smallest absolute Gasteiger partial charge is 0.160 e. The number of nitrogens with zero attached hydrogens (tertiary/aromatic N) is 5. The van der Waals surface area contributed by atoms with Crippen molar-refractivity contribution in [2.75, 3.05) is 24.5 Å². The van der Waals surface area contributed by atoms with E-state index >= 15 is 0 Å². The van der Waals surface area contributed by atoms with Crippen molar-refractivity contribution in [1.29, 1.82) is 0 Å². The van der Waals surface area contributed by atoms with E-state index < -0.39 is 11.6 Å². The lowest BCUT2D eigenvalue weighted by molar-refractivity contribution is 0.112. The van der Waals surface area contributed by atoms with E-state index in [0.717, 1.165) is 50.5 Å². The third-order valence-corrected chi connectivity index (χ3v) is 6.27. The van der Waals surface area contributed by atoms with Gasteiger partial charge >= 0.3 is 0 Å². The molecule has 5 rings (SSSR count). The molecule has 1 aliphatic carbocycles. The molecule has 0 N–H and O–H groups in total. The molecular formula is C20H25F2N5. The molecule has 1 saturated heterocycles. The van der Waals surface area contributed by atoms with E-state index in [1.165, 1.54) is 30.8 Å². The summed E-state index contributed by atoms with van der Waals surface area (Å²) in [5.74, 6) is 1.35. The minimum Gasteiger partial charge on any atom is -0.371 e. The first-order valence-corrected chi connectivity index (χ1v) is 9.98. The van der Waals surface area contributed by atoms with Crippen molar-refractivity contribution < 1.29 is 8.78 Å². The zero-order valence-corrected chi connectivity index (χ0v) is 15.6. The summed E-state index contributed by atoms with van der Waals surface area (Å²) in [6.45, 7) is 5.88. The van der Waals surface area contributed by atoms with Gasteiger partial charge in [0, 0.05) is 49.4 Å². The monoisotopic (exact) mass is 373 g/mol. The Kier molecular flexibility index (Phi) is 4.15. The number of benzene rings is 1. The van der Waals surface area contributed by atoms with E-state index in [1.807, 2.05) is 0 Å². The van der Waals surface area contributed by atoms with Crippen molar-refractivity contribution in [3.8, 4) is 0 Å². The Morgan fingerprint density at radius 1 is 1.00 bits per heavy atom.